The first-order chi connectivity index (χ1) is 13.8. The van der Waals surface area contributed by atoms with Crippen LogP contribution in [0.4, 0.5) is 0 Å². The maximum absolute atomic E-state index is 12.9. The number of carbonyl (C=O) groups is 2. The molecule has 0 aliphatic rings. The molecule has 0 spiro atoms. The van der Waals surface area contributed by atoms with E-state index in [9.17, 15) is 9.59 Å². The van der Waals surface area contributed by atoms with Crippen LogP contribution in [0, 0.1) is 6.92 Å². The summed E-state index contributed by atoms with van der Waals surface area (Å²) in [5.74, 6) is -0.318. The number of aromatic nitrogens is 3. The zero-order chi connectivity index (χ0) is 21.1. The molecule has 1 N–H and O–H groups in total. The van der Waals surface area contributed by atoms with Gasteiger partial charge in [-0.15, -0.1) is 0 Å². The third-order valence-electron chi connectivity index (χ3n) is 4.55. The number of benzene rings is 1. The van der Waals surface area contributed by atoms with Gasteiger partial charge < -0.3 is 14.8 Å². The van der Waals surface area contributed by atoms with Crippen molar-refractivity contribution in [3.63, 3.8) is 0 Å². The topological polar surface area (TPSA) is 95.3 Å². The summed E-state index contributed by atoms with van der Waals surface area (Å²) < 4.78 is 11.8. The number of ether oxygens (including phenoxy) is 2. The van der Waals surface area contributed by atoms with E-state index in [0.29, 0.717) is 27.9 Å². The Balaban J connectivity index is 1.86. The van der Waals surface area contributed by atoms with Crippen molar-refractivity contribution in [2.45, 2.75) is 33.4 Å². The minimum absolute atomic E-state index is 0.133. The lowest BCUT2D eigenvalue weighted by atomic mass is 10.1. The molecule has 0 atom stereocenters. The van der Waals surface area contributed by atoms with Crippen LogP contribution in [0.15, 0.2) is 30.5 Å². The Bertz CT molecular complexity index is 1070. The summed E-state index contributed by atoms with van der Waals surface area (Å²) in [5, 5.41) is 7.96. The molecule has 0 unspecified atom stereocenters. The van der Waals surface area contributed by atoms with Crippen LogP contribution >= 0.6 is 0 Å². The van der Waals surface area contributed by atoms with Crippen LogP contribution in [0.25, 0.3) is 11.0 Å². The van der Waals surface area contributed by atoms with Crippen LogP contribution in [0.1, 0.15) is 51.9 Å². The number of carbonyl (C=O) groups excluding carboxylic acids is 2. The predicted molar refractivity (Wildman–Crippen MR) is 108 cm³/mol. The zero-order valence-electron chi connectivity index (χ0n) is 17.1. The third-order valence-corrected chi connectivity index (χ3v) is 4.55. The average Bonchev–Trinajstić information content (AvgIpc) is 3.14. The Labute approximate surface area is 168 Å². The van der Waals surface area contributed by atoms with Crippen LogP contribution in [-0.2, 0) is 11.3 Å². The van der Waals surface area contributed by atoms with Crippen LogP contribution < -0.4 is 10.1 Å². The van der Waals surface area contributed by atoms with Crippen LogP contribution in [0.2, 0.25) is 0 Å². The minimum Gasteiger partial charge on any atom is -0.496 e. The molecule has 2 aromatic heterocycles. The van der Waals surface area contributed by atoms with Gasteiger partial charge in [0.25, 0.3) is 5.91 Å². The molecular weight excluding hydrogens is 372 g/mol. The van der Waals surface area contributed by atoms with Gasteiger partial charge in [0, 0.05) is 18.3 Å². The van der Waals surface area contributed by atoms with Gasteiger partial charge >= 0.3 is 5.97 Å². The normalized spacial score (nSPS) is 11.0. The van der Waals surface area contributed by atoms with Crippen molar-refractivity contribution in [2.75, 3.05) is 14.2 Å². The Kier molecular flexibility index (Phi) is 5.81. The van der Waals surface area contributed by atoms with Crippen LogP contribution in [0.5, 0.6) is 5.75 Å². The highest BCUT2D eigenvalue weighted by Gasteiger charge is 2.18. The fourth-order valence-electron chi connectivity index (χ4n) is 3.12. The van der Waals surface area contributed by atoms with Crippen molar-refractivity contribution in [1.82, 2.24) is 20.1 Å². The lowest BCUT2D eigenvalue weighted by molar-refractivity contribution is 0.0597. The van der Waals surface area contributed by atoms with Crippen molar-refractivity contribution in [1.29, 1.82) is 0 Å². The number of pyridine rings is 1. The Morgan fingerprint density at radius 2 is 1.93 bits per heavy atom. The molecule has 8 nitrogen and oxygen atoms in total. The number of methoxy groups -OCH3 is 2. The number of hydrogen-bond acceptors (Lipinski definition) is 6. The highest BCUT2D eigenvalue weighted by atomic mass is 16.5. The molecule has 29 heavy (non-hydrogen) atoms. The molecule has 0 aliphatic heterocycles. The molecule has 1 aromatic carbocycles. The summed E-state index contributed by atoms with van der Waals surface area (Å²) in [5.41, 5.74) is 2.99. The van der Waals surface area contributed by atoms with E-state index in [1.807, 2.05) is 20.8 Å². The quantitative estimate of drug-likeness (QED) is 0.644. The number of aryl methyl sites for hydroxylation is 1. The van der Waals surface area contributed by atoms with E-state index in [2.05, 4.69) is 15.4 Å². The van der Waals surface area contributed by atoms with E-state index >= 15 is 0 Å². The zero-order valence-corrected chi connectivity index (χ0v) is 17.1. The van der Waals surface area contributed by atoms with Crippen molar-refractivity contribution in [2.24, 2.45) is 0 Å². The molecular formula is C21H24N4O4. The lowest BCUT2D eigenvalue weighted by Gasteiger charge is -2.11. The molecule has 0 saturated heterocycles. The average molecular weight is 396 g/mol. The summed E-state index contributed by atoms with van der Waals surface area (Å²) in [6.07, 6.45) is 1.67. The first-order valence-electron chi connectivity index (χ1n) is 9.24. The van der Waals surface area contributed by atoms with Crippen molar-refractivity contribution < 1.29 is 19.1 Å². The predicted octanol–water partition coefficient (Wildman–Crippen LogP) is 3.05. The van der Waals surface area contributed by atoms with E-state index < -0.39 is 5.97 Å². The number of esters is 1. The second-order valence-corrected chi connectivity index (χ2v) is 6.94. The van der Waals surface area contributed by atoms with Gasteiger partial charge in [-0.05, 0) is 44.5 Å². The number of hydrogen-bond donors (Lipinski definition) is 1. The van der Waals surface area contributed by atoms with Gasteiger partial charge in [-0.3, -0.25) is 4.79 Å². The molecule has 0 aliphatic carbocycles. The molecule has 0 radical (unpaired) electrons. The fourth-order valence-corrected chi connectivity index (χ4v) is 3.12. The number of nitrogens with one attached hydrogen (secondary N) is 1. The minimum atomic E-state index is -0.498. The van der Waals surface area contributed by atoms with Gasteiger partial charge in [0.1, 0.15) is 11.3 Å². The molecule has 8 heteroatoms. The first kappa shape index (κ1) is 20.3. The highest BCUT2D eigenvalue weighted by Crippen LogP contribution is 2.22. The standard InChI is InChI=1S/C21H24N4O4/c1-12(2)25-19-17(11-23-25)15(8-13(3)24-19)20(26)22-10-14-6-7-18(28-4)16(9-14)21(27)29-5/h6-9,11-12H,10H2,1-5H3,(H,22,26). The molecule has 0 saturated carbocycles. The first-order valence-corrected chi connectivity index (χ1v) is 9.24. The van der Waals surface area contributed by atoms with Crippen molar-refractivity contribution >= 4 is 22.9 Å². The maximum Gasteiger partial charge on any atom is 0.341 e. The molecule has 3 rings (SSSR count). The van der Waals surface area contributed by atoms with E-state index in [0.717, 1.165) is 11.3 Å². The molecule has 0 bridgehead atoms. The van der Waals surface area contributed by atoms with Gasteiger partial charge in [0.2, 0.25) is 0 Å². The SMILES string of the molecule is COC(=O)c1cc(CNC(=O)c2cc(C)nc3c2cnn3C(C)C)ccc1OC. The van der Waals surface area contributed by atoms with Crippen LogP contribution in [-0.4, -0.2) is 40.9 Å². The lowest BCUT2D eigenvalue weighted by Crippen LogP contribution is -2.23. The van der Waals surface area contributed by atoms with Gasteiger partial charge in [0.05, 0.1) is 31.4 Å². The highest BCUT2D eigenvalue weighted by molar-refractivity contribution is 6.05. The summed E-state index contributed by atoms with van der Waals surface area (Å²) in [4.78, 5) is 29.3. The third kappa shape index (κ3) is 4.06. The van der Waals surface area contributed by atoms with Gasteiger partial charge in [-0.1, -0.05) is 6.07 Å². The van der Waals surface area contributed by atoms with Gasteiger partial charge in [-0.2, -0.15) is 5.10 Å². The summed E-state index contributed by atoms with van der Waals surface area (Å²) in [6.45, 7) is 6.12. The number of amides is 1. The fraction of sp³-hybridized carbons (Fsp3) is 0.333. The second-order valence-electron chi connectivity index (χ2n) is 6.94. The van der Waals surface area contributed by atoms with E-state index in [4.69, 9.17) is 9.47 Å². The van der Waals surface area contributed by atoms with Gasteiger partial charge in [-0.25, -0.2) is 14.5 Å². The number of nitrogens with zero attached hydrogens (tertiary/aromatic N) is 3. The molecule has 2 heterocycles. The molecule has 152 valence electrons. The van der Waals surface area contributed by atoms with E-state index in [1.54, 1.807) is 35.1 Å². The van der Waals surface area contributed by atoms with Gasteiger partial charge in [0.15, 0.2) is 5.65 Å². The summed E-state index contributed by atoms with van der Waals surface area (Å²) in [6, 6.07) is 6.99. The molecule has 3 aromatic rings. The van der Waals surface area contributed by atoms with E-state index in [1.165, 1.54) is 14.2 Å². The Morgan fingerprint density at radius 1 is 1.17 bits per heavy atom. The number of fused-ring (bicyclic) bond motifs is 1. The summed E-state index contributed by atoms with van der Waals surface area (Å²) in [7, 11) is 2.79. The molecule has 1 amide bonds. The van der Waals surface area contributed by atoms with E-state index in [-0.39, 0.29) is 18.5 Å². The smallest absolute Gasteiger partial charge is 0.341 e. The molecule has 0 fully saturated rings. The largest absolute Gasteiger partial charge is 0.496 e. The summed E-state index contributed by atoms with van der Waals surface area (Å²) >= 11 is 0. The number of rotatable bonds is 6. The Hall–Kier alpha value is -3.42. The van der Waals surface area contributed by atoms with Crippen molar-refractivity contribution in [3.05, 3.63) is 52.8 Å². The monoisotopic (exact) mass is 396 g/mol. The second kappa shape index (κ2) is 8.30. The van der Waals surface area contributed by atoms with Crippen molar-refractivity contribution in [3.8, 4) is 5.75 Å². The Morgan fingerprint density at radius 3 is 2.59 bits per heavy atom. The maximum atomic E-state index is 12.9. The van der Waals surface area contributed by atoms with Crippen LogP contribution in [0.3, 0.4) is 0 Å².